The molecule has 0 aliphatic carbocycles. The highest BCUT2D eigenvalue weighted by atomic mass is 79.9. The molecule has 0 atom stereocenters. The largest absolute Gasteiger partial charge is 0.409 e. The van der Waals surface area contributed by atoms with Crippen LogP contribution in [0.1, 0.15) is 13.3 Å². The van der Waals surface area contributed by atoms with Gasteiger partial charge in [-0.05, 0) is 33.8 Å². The third-order valence-electron chi connectivity index (χ3n) is 2.10. The van der Waals surface area contributed by atoms with E-state index in [0.29, 0.717) is 17.4 Å². The molecule has 102 valence electrons. The molecule has 0 aliphatic rings. The molecule has 1 aromatic heterocycles. The first-order valence-electron chi connectivity index (χ1n) is 5.13. The first-order valence-corrected chi connectivity index (χ1v) is 8.24. The highest BCUT2D eigenvalue weighted by Crippen LogP contribution is 2.30. The molecule has 1 heterocycles. The van der Waals surface area contributed by atoms with Crippen molar-refractivity contribution in [3.05, 3.63) is 15.9 Å². The molecular formula is C9H14BrN3O3S2. The van der Waals surface area contributed by atoms with Crippen molar-refractivity contribution in [1.82, 2.24) is 4.31 Å². The number of sulfonamides is 1. The van der Waals surface area contributed by atoms with E-state index in [9.17, 15) is 8.42 Å². The Kier molecular flexibility index (Phi) is 5.57. The van der Waals surface area contributed by atoms with Gasteiger partial charge < -0.3 is 10.9 Å². The van der Waals surface area contributed by atoms with Crippen LogP contribution in [0.5, 0.6) is 0 Å². The second-order valence-electron chi connectivity index (χ2n) is 3.49. The van der Waals surface area contributed by atoms with Gasteiger partial charge in [-0.25, -0.2) is 8.42 Å². The van der Waals surface area contributed by atoms with E-state index in [2.05, 4.69) is 21.1 Å². The SMILES string of the molecule is CCCN(CC(N)=NO)S(=O)(=O)c1sccc1Br. The van der Waals surface area contributed by atoms with E-state index in [1.165, 1.54) is 4.31 Å². The molecule has 0 amide bonds. The van der Waals surface area contributed by atoms with Gasteiger partial charge in [0.15, 0.2) is 5.84 Å². The van der Waals surface area contributed by atoms with Gasteiger partial charge in [-0.2, -0.15) is 4.31 Å². The number of hydrogen-bond acceptors (Lipinski definition) is 5. The van der Waals surface area contributed by atoms with Crippen LogP contribution in [0.2, 0.25) is 0 Å². The Hall–Kier alpha value is -0.640. The summed E-state index contributed by atoms with van der Waals surface area (Å²) in [7, 11) is -3.62. The summed E-state index contributed by atoms with van der Waals surface area (Å²) in [5.74, 6) is -0.139. The maximum Gasteiger partial charge on any atom is 0.254 e. The molecule has 1 aromatic rings. The average molecular weight is 356 g/mol. The Morgan fingerprint density at radius 2 is 2.33 bits per heavy atom. The van der Waals surface area contributed by atoms with E-state index < -0.39 is 10.0 Å². The molecule has 0 radical (unpaired) electrons. The van der Waals surface area contributed by atoms with Gasteiger partial charge in [0.25, 0.3) is 10.0 Å². The van der Waals surface area contributed by atoms with Crippen molar-refractivity contribution in [2.24, 2.45) is 10.9 Å². The predicted octanol–water partition coefficient (Wildman–Crippen LogP) is 1.66. The van der Waals surface area contributed by atoms with Crippen LogP contribution in [0.4, 0.5) is 0 Å². The molecule has 0 saturated carbocycles. The standard InChI is InChI=1S/C9H14BrN3O3S2/c1-2-4-13(6-8(11)12-14)18(15,16)9-7(10)3-5-17-9/h3,5,14H,2,4,6H2,1H3,(H2,11,12). The van der Waals surface area contributed by atoms with E-state index in [4.69, 9.17) is 10.9 Å². The lowest BCUT2D eigenvalue weighted by Crippen LogP contribution is -2.38. The van der Waals surface area contributed by atoms with Crippen LogP contribution in [0.25, 0.3) is 0 Å². The third kappa shape index (κ3) is 3.44. The minimum atomic E-state index is -3.62. The van der Waals surface area contributed by atoms with Crippen molar-refractivity contribution in [1.29, 1.82) is 0 Å². The molecule has 0 saturated heterocycles. The monoisotopic (exact) mass is 355 g/mol. The van der Waals surface area contributed by atoms with E-state index in [1.54, 1.807) is 11.4 Å². The van der Waals surface area contributed by atoms with Crippen LogP contribution in [-0.2, 0) is 10.0 Å². The van der Waals surface area contributed by atoms with Gasteiger partial charge in [0.1, 0.15) is 4.21 Å². The summed E-state index contributed by atoms with van der Waals surface area (Å²) < 4.78 is 26.7. The first kappa shape index (κ1) is 15.4. The number of rotatable bonds is 6. The van der Waals surface area contributed by atoms with Crippen molar-refractivity contribution in [3.63, 3.8) is 0 Å². The van der Waals surface area contributed by atoms with Crippen molar-refractivity contribution < 1.29 is 13.6 Å². The molecule has 0 aliphatic heterocycles. The topological polar surface area (TPSA) is 96.0 Å². The lowest BCUT2D eigenvalue weighted by molar-refractivity contribution is 0.314. The fourth-order valence-electron chi connectivity index (χ4n) is 1.33. The van der Waals surface area contributed by atoms with Crippen molar-refractivity contribution in [2.45, 2.75) is 17.6 Å². The number of nitrogens with zero attached hydrogens (tertiary/aromatic N) is 2. The van der Waals surface area contributed by atoms with Crippen LogP contribution >= 0.6 is 27.3 Å². The second-order valence-corrected chi connectivity index (χ2v) is 7.39. The quantitative estimate of drug-likeness (QED) is 0.351. The lowest BCUT2D eigenvalue weighted by atomic mass is 10.4. The lowest BCUT2D eigenvalue weighted by Gasteiger charge is -2.20. The van der Waals surface area contributed by atoms with Gasteiger partial charge in [0, 0.05) is 11.0 Å². The Bertz CT molecular complexity index is 527. The minimum absolute atomic E-state index is 0.128. The summed E-state index contributed by atoms with van der Waals surface area (Å²) in [6, 6.07) is 1.67. The maximum atomic E-state index is 12.4. The number of hydrogen-bond donors (Lipinski definition) is 2. The Morgan fingerprint density at radius 3 is 2.78 bits per heavy atom. The molecule has 0 unspecified atom stereocenters. The fraction of sp³-hybridized carbons (Fsp3) is 0.444. The van der Waals surface area contributed by atoms with Crippen molar-refractivity contribution in [2.75, 3.05) is 13.1 Å². The van der Waals surface area contributed by atoms with Gasteiger partial charge in [-0.1, -0.05) is 12.1 Å². The number of oxime groups is 1. The molecule has 9 heteroatoms. The number of thiophene rings is 1. The van der Waals surface area contributed by atoms with Gasteiger partial charge in [-0.15, -0.1) is 11.3 Å². The summed E-state index contributed by atoms with van der Waals surface area (Å²) in [5.41, 5.74) is 5.38. The molecule has 3 N–H and O–H groups in total. The summed E-state index contributed by atoms with van der Waals surface area (Å²) in [6.07, 6.45) is 0.640. The number of halogens is 1. The smallest absolute Gasteiger partial charge is 0.254 e. The van der Waals surface area contributed by atoms with Crippen LogP contribution < -0.4 is 5.73 Å². The summed E-state index contributed by atoms with van der Waals surface area (Å²) in [5, 5.41) is 13.0. The highest BCUT2D eigenvalue weighted by Gasteiger charge is 2.27. The third-order valence-corrected chi connectivity index (χ3v) is 6.59. The van der Waals surface area contributed by atoms with Gasteiger partial charge in [-0.3, -0.25) is 0 Å². The Balaban J connectivity index is 3.09. The molecule has 1 rings (SSSR count). The normalized spacial score (nSPS) is 13.2. The fourth-order valence-corrected chi connectivity index (χ4v) is 5.28. The van der Waals surface area contributed by atoms with Crippen molar-refractivity contribution in [3.8, 4) is 0 Å². The van der Waals surface area contributed by atoms with Crippen LogP contribution in [0, 0.1) is 0 Å². The summed E-state index contributed by atoms with van der Waals surface area (Å²) in [4.78, 5) is 0. The van der Waals surface area contributed by atoms with E-state index in [0.717, 1.165) is 11.3 Å². The van der Waals surface area contributed by atoms with Gasteiger partial charge in [0.2, 0.25) is 0 Å². The summed E-state index contributed by atoms with van der Waals surface area (Å²) >= 11 is 4.32. The highest BCUT2D eigenvalue weighted by molar-refractivity contribution is 9.10. The first-order chi connectivity index (χ1) is 8.43. The van der Waals surface area contributed by atoms with E-state index in [1.807, 2.05) is 6.92 Å². The number of nitrogens with two attached hydrogens (primary N) is 1. The number of amidine groups is 1. The molecule has 6 nitrogen and oxygen atoms in total. The minimum Gasteiger partial charge on any atom is -0.409 e. The van der Waals surface area contributed by atoms with Crippen molar-refractivity contribution >= 4 is 43.1 Å². The zero-order valence-corrected chi connectivity index (χ0v) is 12.9. The zero-order chi connectivity index (χ0) is 13.8. The molecular weight excluding hydrogens is 342 g/mol. The van der Waals surface area contributed by atoms with Gasteiger partial charge in [0.05, 0.1) is 6.54 Å². The predicted molar refractivity (Wildman–Crippen MR) is 74.5 cm³/mol. The Morgan fingerprint density at radius 1 is 1.67 bits per heavy atom. The van der Waals surface area contributed by atoms with E-state index in [-0.39, 0.29) is 16.6 Å². The maximum absolute atomic E-state index is 12.4. The van der Waals surface area contributed by atoms with Gasteiger partial charge >= 0.3 is 0 Å². The molecule has 0 spiro atoms. The van der Waals surface area contributed by atoms with Crippen LogP contribution in [0.15, 0.2) is 25.3 Å². The average Bonchev–Trinajstić information content (AvgIpc) is 2.75. The zero-order valence-electron chi connectivity index (χ0n) is 9.71. The Labute approximate surface area is 118 Å². The van der Waals surface area contributed by atoms with Crippen LogP contribution in [-0.4, -0.2) is 36.9 Å². The molecule has 18 heavy (non-hydrogen) atoms. The molecule has 0 fully saturated rings. The van der Waals surface area contributed by atoms with Crippen LogP contribution in [0.3, 0.4) is 0 Å². The second kappa shape index (κ2) is 6.50. The summed E-state index contributed by atoms with van der Waals surface area (Å²) in [6.45, 7) is 2.04. The van der Waals surface area contributed by atoms with E-state index >= 15 is 0 Å². The molecule has 0 aromatic carbocycles. The molecule has 0 bridgehead atoms.